The summed E-state index contributed by atoms with van der Waals surface area (Å²) in [7, 11) is 1.95. The van der Waals surface area contributed by atoms with Crippen molar-refractivity contribution >= 4 is 0 Å². The highest BCUT2D eigenvalue weighted by atomic mass is 15.1. The zero-order valence-electron chi connectivity index (χ0n) is 9.44. The maximum atomic E-state index is 3.50. The molecule has 0 amide bonds. The molecule has 2 heteroatoms. The van der Waals surface area contributed by atoms with Gasteiger partial charge in [0, 0.05) is 30.4 Å². The van der Waals surface area contributed by atoms with Crippen LogP contribution < -0.4 is 10.6 Å². The van der Waals surface area contributed by atoms with Crippen LogP contribution in [0.25, 0.3) is 0 Å². The lowest BCUT2D eigenvalue weighted by atomic mass is 9.64. The average Bonchev–Trinajstić information content (AvgIpc) is 2.09. The summed E-state index contributed by atoms with van der Waals surface area (Å²) >= 11 is 0. The molecule has 0 spiro atoms. The van der Waals surface area contributed by atoms with Gasteiger partial charge in [0.25, 0.3) is 0 Å². The summed E-state index contributed by atoms with van der Waals surface area (Å²) in [5.74, 6) is 0.693. The van der Waals surface area contributed by atoms with Gasteiger partial charge in [0.1, 0.15) is 0 Å². The molecule has 0 aromatic heterocycles. The third-order valence-corrected chi connectivity index (χ3v) is 3.53. The van der Waals surface area contributed by atoms with Crippen LogP contribution >= 0.6 is 0 Å². The van der Waals surface area contributed by atoms with Crippen LogP contribution in [0.2, 0.25) is 0 Å². The molecule has 76 valence electrons. The zero-order valence-corrected chi connectivity index (χ0v) is 9.44. The Balaban J connectivity index is 2.80. The second-order valence-electron chi connectivity index (χ2n) is 4.39. The molecule has 1 rings (SSSR count). The van der Waals surface area contributed by atoms with Crippen molar-refractivity contribution in [2.24, 2.45) is 11.3 Å². The fourth-order valence-electron chi connectivity index (χ4n) is 2.18. The summed E-state index contributed by atoms with van der Waals surface area (Å²) in [4.78, 5) is 0. The van der Waals surface area contributed by atoms with Gasteiger partial charge in [-0.05, 0) is 12.3 Å². The first-order valence-electron chi connectivity index (χ1n) is 5.21. The van der Waals surface area contributed by atoms with E-state index < -0.39 is 0 Å². The Morgan fingerprint density at radius 3 is 2.62 bits per heavy atom. The van der Waals surface area contributed by atoms with Gasteiger partial charge in [0.05, 0.1) is 0 Å². The predicted molar refractivity (Wildman–Crippen MR) is 57.3 cm³/mol. The normalized spacial score (nSPS) is 35.8. The fraction of sp³-hybridized carbons (Fsp3) is 0.818. The maximum Gasteiger partial charge on any atom is 0.0367 e. The lowest BCUT2D eigenvalue weighted by Gasteiger charge is -2.53. The monoisotopic (exact) mass is 182 g/mol. The van der Waals surface area contributed by atoms with Crippen molar-refractivity contribution in [2.75, 3.05) is 7.05 Å². The van der Waals surface area contributed by atoms with E-state index in [2.05, 4.69) is 44.5 Å². The highest BCUT2D eigenvalue weighted by molar-refractivity contribution is 5.26. The molecule has 0 saturated carbocycles. The van der Waals surface area contributed by atoms with Gasteiger partial charge in [-0.1, -0.05) is 27.7 Å². The van der Waals surface area contributed by atoms with Gasteiger partial charge < -0.3 is 10.6 Å². The van der Waals surface area contributed by atoms with Crippen LogP contribution in [0.3, 0.4) is 0 Å². The summed E-state index contributed by atoms with van der Waals surface area (Å²) < 4.78 is 0. The molecule has 0 aromatic rings. The largest absolute Gasteiger partial charge is 0.393 e. The average molecular weight is 182 g/mol. The Labute approximate surface area is 81.8 Å². The molecule has 0 bridgehead atoms. The molecule has 2 atom stereocenters. The van der Waals surface area contributed by atoms with Crippen LogP contribution in [0.4, 0.5) is 0 Å². The van der Waals surface area contributed by atoms with Gasteiger partial charge in [-0.3, -0.25) is 0 Å². The van der Waals surface area contributed by atoms with E-state index in [1.54, 1.807) is 0 Å². The van der Waals surface area contributed by atoms with E-state index in [0.717, 1.165) is 0 Å². The number of hydrogen-bond donors (Lipinski definition) is 2. The SMILES string of the molecule is CC[C@@H]1N/C(=C/NC)C1(C)C(C)C. The molecule has 13 heavy (non-hydrogen) atoms. The lowest BCUT2D eigenvalue weighted by molar-refractivity contribution is 0.102. The van der Waals surface area contributed by atoms with Crippen molar-refractivity contribution in [1.29, 1.82) is 0 Å². The molecule has 2 nitrogen and oxygen atoms in total. The Morgan fingerprint density at radius 1 is 1.62 bits per heavy atom. The molecule has 2 N–H and O–H groups in total. The summed E-state index contributed by atoms with van der Waals surface area (Å²) in [6, 6.07) is 0.645. The Kier molecular flexibility index (Phi) is 2.89. The van der Waals surface area contributed by atoms with Crippen molar-refractivity contribution < 1.29 is 0 Å². The third-order valence-electron chi connectivity index (χ3n) is 3.53. The molecule has 1 aliphatic heterocycles. The Morgan fingerprint density at radius 2 is 2.23 bits per heavy atom. The second-order valence-corrected chi connectivity index (χ2v) is 4.39. The van der Waals surface area contributed by atoms with E-state index in [-0.39, 0.29) is 0 Å². The first-order chi connectivity index (χ1) is 6.07. The van der Waals surface area contributed by atoms with Crippen molar-refractivity contribution in [2.45, 2.75) is 40.2 Å². The predicted octanol–water partition coefficient (Wildman–Crippen LogP) is 2.09. The zero-order chi connectivity index (χ0) is 10.1. The number of hydrogen-bond acceptors (Lipinski definition) is 2. The van der Waals surface area contributed by atoms with Crippen molar-refractivity contribution in [1.82, 2.24) is 10.6 Å². The minimum Gasteiger partial charge on any atom is -0.393 e. The van der Waals surface area contributed by atoms with Crippen molar-refractivity contribution in [3.8, 4) is 0 Å². The van der Waals surface area contributed by atoms with E-state index in [1.165, 1.54) is 12.1 Å². The van der Waals surface area contributed by atoms with Crippen LogP contribution in [0.15, 0.2) is 11.9 Å². The first-order valence-corrected chi connectivity index (χ1v) is 5.21. The first kappa shape index (κ1) is 10.4. The maximum absolute atomic E-state index is 3.50. The highest BCUT2D eigenvalue weighted by Crippen LogP contribution is 2.46. The van der Waals surface area contributed by atoms with Crippen molar-refractivity contribution in [3.05, 3.63) is 11.9 Å². The van der Waals surface area contributed by atoms with Gasteiger partial charge in [-0.25, -0.2) is 0 Å². The van der Waals surface area contributed by atoms with Crippen molar-refractivity contribution in [3.63, 3.8) is 0 Å². The Bertz CT molecular complexity index is 208. The van der Waals surface area contributed by atoms with E-state index >= 15 is 0 Å². The molecular formula is C11H22N2. The molecule has 1 fully saturated rings. The third kappa shape index (κ3) is 1.43. The smallest absolute Gasteiger partial charge is 0.0367 e. The van der Waals surface area contributed by atoms with Crippen LogP contribution in [0.5, 0.6) is 0 Å². The van der Waals surface area contributed by atoms with Crippen LogP contribution in [0.1, 0.15) is 34.1 Å². The topological polar surface area (TPSA) is 24.1 Å². The molecule has 0 aromatic carbocycles. The second kappa shape index (κ2) is 3.60. The summed E-state index contributed by atoms with van der Waals surface area (Å²) in [6.07, 6.45) is 3.29. The van der Waals surface area contributed by atoms with Gasteiger partial charge in [0.2, 0.25) is 0 Å². The van der Waals surface area contributed by atoms with E-state index in [0.29, 0.717) is 17.4 Å². The molecule has 1 saturated heterocycles. The molecule has 1 heterocycles. The minimum atomic E-state index is 0.345. The summed E-state index contributed by atoms with van der Waals surface area (Å²) in [6.45, 7) is 9.19. The van der Waals surface area contributed by atoms with Gasteiger partial charge in [-0.2, -0.15) is 0 Å². The lowest BCUT2D eigenvalue weighted by Crippen LogP contribution is -2.61. The fourth-order valence-corrected chi connectivity index (χ4v) is 2.18. The Hall–Kier alpha value is -0.660. The van der Waals surface area contributed by atoms with Crippen LogP contribution in [0, 0.1) is 11.3 Å². The van der Waals surface area contributed by atoms with E-state index in [9.17, 15) is 0 Å². The molecular weight excluding hydrogens is 160 g/mol. The molecule has 0 aliphatic carbocycles. The molecule has 0 radical (unpaired) electrons. The standard InChI is InChI=1S/C11H22N2/c1-6-9-11(4,8(2)3)10(13-9)7-12-5/h7-9,12-13H,6H2,1-5H3/b10-7+/t9-,11?/m0/s1. The van der Waals surface area contributed by atoms with Crippen LogP contribution in [-0.2, 0) is 0 Å². The van der Waals surface area contributed by atoms with Gasteiger partial charge in [-0.15, -0.1) is 0 Å². The highest BCUT2D eigenvalue weighted by Gasteiger charge is 2.48. The quantitative estimate of drug-likeness (QED) is 0.698. The number of nitrogens with one attached hydrogen (secondary N) is 2. The van der Waals surface area contributed by atoms with E-state index in [1.807, 2.05) is 7.05 Å². The summed E-state index contributed by atoms with van der Waals surface area (Å²) in [5, 5.41) is 6.60. The van der Waals surface area contributed by atoms with Crippen LogP contribution in [-0.4, -0.2) is 13.1 Å². The van der Waals surface area contributed by atoms with E-state index in [4.69, 9.17) is 0 Å². The minimum absolute atomic E-state index is 0.345. The summed E-state index contributed by atoms with van der Waals surface area (Å²) in [5.41, 5.74) is 1.70. The van der Waals surface area contributed by atoms with Gasteiger partial charge >= 0.3 is 0 Å². The molecule has 1 aliphatic rings. The van der Waals surface area contributed by atoms with Gasteiger partial charge in [0.15, 0.2) is 0 Å². The number of rotatable bonds is 3. The molecule has 1 unspecified atom stereocenters.